The molecule has 42 heteroatoms. The van der Waals surface area contributed by atoms with E-state index in [2.05, 4.69) is 25.3 Å². The molecule has 1 fully saturated rings. The van der Waals surface area contributed by atoms with E-state index in [-0.39, 0.29) is 189 Å². The number of rotatable bonds is 50. The topological polar surface area (TPSA) is 483 Å². The number of ether oxygens (including phenoxy) is 13. The van der Waals surface area contributed by atoms with Crippen molar-refractivity contribution in [3.63, 3.8) is 0 Å². The van der Waals surface area contributed by atoms with E-state index in [1.54, 1.807) is 88.2 Å². The maximum atomic E-state index is 14.6. The molecule has 9 aromatic rings. The highest BCUT2D eigenvalue weighted by Crippen LogP contribution is 2.43. The quantitative estimate of drug-likeness (QED) is 0.0248. The molecule has 132 heavy (non-hydrogen) atoms. The fourth-order valence-corrected chi connectivity index (χ4v) is 17.1. The maximum absolute atomic E-state index is 14.6. The number of benzene rings is 5. The van der Waals surface area contributed by atoms with E-state index in [1.165, 1.54) is 69.1 Å². The Balaban J connectivity index is 0.520. The van der Waals surface area contributed by atoms with Crippen LogP contribution in [0.25, 0.3) is 0 Å². The zero-order chi connectivity index (χ0) is 93.0. The van der Waals surface area contributed by atoms with Crippen LogP contribution in [0.3, 0.4) is 0 Å². The predicted molar refractivity (Wildman–Crippen MR) is 468 cm³/mol. The number of aliphatic hydroxyl groups is 4. The summed E-state index contributed by atoms with van der Waals surface area (Å²) in [6.07, 6.45) is 3.87. The molecule has 5 aliphatic rings. The van der Waals surface area contributed by atoms with Crippen molar-refractivity contribution in [2.24, 2.45) is 24.1 Å². The first-order chi connectivity index (χ1) is 63.8. The molecular formula is C90H104N12O28S2. The van der Waals surface area contributed by atoms with Crippen LogP contribution in [-0.2, 0) is 125 Å². The lowest BCUT2D eigenvalue weighted by atomic mass is 9.99. The molecule has 704 valence electrons. The van der Waals surface area contributed by atoms with Crippen molar-refractivity contribution in [1.29, 1.82) is 0 Å². The maximum Gasteiger partial charge on any atom is 0.501 e. The molecule has 0 radical (unpaired) electrons. The highest BCUT2D eigenvalue weighted by atomic mass is 32.3. The Bertz CT molecular complexity index is 5700. The summed E-state index contributed by atoms with van der Waals surface area (Å²) in [4.78, 5) is 94.3. The van der Waals surface area contributed by atoms with Gasteiger partial charge in [-0.1, -0.05) is 22.9 Å². The molecule has 7 atom stereocenters. The number of pyridine rings is 1. The summed E-state index contributed by atoms with van der Waals surface area (Å²) in [6, 6.07) is 21.2. The first-order valence-electron chi connectivity index (χ1n) is 42.8. The van der Waals surface area contributed by atoms with Crippen LogP contribution in [0.1, 0.15) is 129 Å². The number of imidazole rings is 2. The highest BCUT2D eigenvalue weighted by Gasteiger charge is 2.46. The molecule has 5 aromatic carbocycles. The van der Waals surface area contributed by atoms with Gasteiger partial charge in [-0.15, -0.1) is 13.5 Å². The predicted octanol–water partition coefficient (Wildman–Crippen LogP) is 6.06. The van der Waals surface area contributed by atoms with Crippen LogP contribution in [0.4, 0.5) is 11.4 Å². The number of amides is 2. The van der Waals surface area contributed by atoms with Crippen LogP contribution in [0.2, 0.25) is 0 Å². The van der Waals surface area contributed by atoms with Gasteiger partial charge in [-0.3, -0.25) is 38.9 Å². The van der Waals surface area contributed by atoms with Gasteiger partial charge in [0.15, 0.2) is 61.7 Å². The zero-order valence-corrected chi connectivity index (χ0v) is 74.9. The molecule has 4 aromatic heterocycles. The second-order valence-electron chi connectivity index (χ2n) is 31.6. The van der Waals surface area contributed by atoms with Gasteiger partial charge >= 0.3 is 10.4 Å². The van der Waals surface area contributed by atoms with Crippen molar-refractivity contribution < 1.29 is 131 Å². The smallest absolute Gasteiger partial charge is 0.493 e. The number of methoxy groups -OCH3 is 2. The minimum Gasteiger partial charge on any atom is -0.493 e. The van der Waals surface area contributed by atoms with Crippen molar-refractivity contribution in [2.45, 2.75) is 139 Å². The third-order valence-electron chi connectivity index (χ3n) is 22.3. The summed E-state index contributed by atoms with van der Waals surface area (Å²) in [5.41, 5.74) is 7.17. The molecule has 2 amide bonds. The van der Waals surface area contributed by atoms with Crippen LogP contribution in [0.5, 0.6) is 40.2 Å². The lowest BCUT2D eigenvalue weighted by molar-refractivity contribution is -0.277. The summed E-state index contributed by atoms with van der Waals surface area (Å²) in [5, 5.41) is 50.6. The van der Waals surface area contributed by atoms with Gasteiger partial charge in [-0.25, -0.2) is 23.1 Å². The van der Waals surface area contributed by atoms with Crippen molar-refractivity contribution in [3.05, 3.63) is 195 Å². The normalized spacial score (nSPS) is 18.0. The number of hydrogen-bond acceptors (Lipinski definition) is 35. The van der Waals surface area contributed by atoms with Gasteiger partial charge in [-0.05, 0) is 97.6 Å². The molecular weight excluding hydrogens is 1760 g/mol. The average molecular weight is 1870 g/mol. The third-order valence-corrected chi connectivity index (χ3v) is 24.8. The van der Waals surface area contributed by atoms with Gasteiger partial charge in [0.1, 0.15) is 49.1 Å². The number of aliphatic imine (C=N–C) groups is 2. The first-order valence-corrected chi connectivity index (χ1v) is 45.8. The van der Waals surface area contributed by atoms with Gasteiger partial charge in [0, 0.05) is 124 Å². The average Bonchev–Trinajstić information content (AvgIpc) is 1.60. The van der Waals surface area contributed by atoms with Gasteiger partial charge in [0.2, 0.25) is 6.29 Å². The van der Waals surface area contributed by atoms with E-state index in [4.69, 9.17) is 79.9 Å². The first kappa shape index (κ1) is 96.2. The Morgan fingerprint density at radius 1 is 0.530 bits per heavy atom. The zero-order valence-electron chi connectivity index (χ0n) is 73.3. The minimum absolute atomic E-state index is 0.0590. The number of carbonyl (C=O) groups excluding carboxylic acids is 5. The lowest BCUT2D eigenvalue weighted by Crippen LogP contribution is -2.60. The van der Waals surface area contributed by atoms with Crippen molar-refractivity contribution >= 4 is 73.2 Å². The second kappa shape index (κ2) is 45.0. The van der Waals surface area contributed by atoms with Gasteiger partial charge in [0.25, 0.3) is 11.8 Å². The van der Waals surface area contributed by atoms with E-state index >= 15 is 0 Å². The summed E-state index contributed by atoms with van der Waals surface area (Å²) < 4.78 is 147. The SMILES string of the molecule is COc1cc2c(cc1OCc1cc(COc3cc4c(cc3OC)C(=O)N3Cc5ncn(C)c5C[C@H]3C=N4)cc(OS(=O)(=O)Oc3cc(C(=O)CCCOCCOCCOCCn4cc(COCCOCCOCCOCCCC(=O)c5cncc(C(=O)CCS(=O)(=O)c6ccc(C)cc6)c5)nn4)ccc3OC3O[C@H](CO)[C@H](O)[C@H](O)[C@H]3O)c1)N=C[C@@H]1Cc3c(ncn3C)CN1C2=O. The number of aliphatic hydroxyl groups excluding tert-OH is 4. The molecule has 5 aliphatic heterocycles. The number of hydrogen-bond donors (Lipinski definition) is 4. The van der Waals surface area contributed by atoms with Crippen LogP contribution in [-0.4, -0.2) is 283 Å². The Kier molecular flexibility index (Phi) is 32.8. The number of ketones is 3. The van der Waals surface area contributed by atoms with Crippen molar-refractivity contribution in [3.8, 4) is 40.2 Å². The summed E-state index contributed by atoms with van der Waals surface area (Å²) in [7, 11) is -2.36. The van der Waals surface area contributed by atoms with E-state index in [0.29, 0.717) is 107 Å². The van der Waals surface area contributed by atoms with Crippen LogP contribution >= 0.6 is 0 Å². The number of aromatic nitrogens is 8. The van der Waals surface area contributed by atoms with E-state index < -0.39 is 80.6 Å². The molecule has 1 saturated heterocycles. The highest BCUT2D eigenvalue weighted by molar-refractivity contribution is 7.91. The standard InChI is InChI=1S/C90H104N12O28S2/c1-56-10-13-66(14-11-56)131(112,113)31-16-77(106)61-35-60(43-91-44-61)76(105)9-7-19-119-22-25-122-27-28-123-29-30-124-53-62-47-100(97-96-62)17-20-120-23-26-121-24-21-118-18-6-8-75(104)59-12-15-78(127-90-87(109)86(108)85(107)84(50-103)128-90)83(36-59)130-132(114,115)129-65-33-57(51-125-81-41-69-67(39-79(81)116-4)88(110)101-48-71-73(98(2)54-94-71)37-63(101)45-92-69)32-58(34-65)52-126-82-42-70-68(40-80(82)117-5)89(111)102-49-72-74(99(3)55-95-72)38-64(102)46-93-70/h10-15,32-36,39-47,54-55,63-64,84-87,90,103,107-109H,6-9,16-31,37-38,48-53H2,1-5H3/t63-,64-,84+,85-,86-,87+,90?/m0/s1. The fourth-order valence-electron chi connectivity index (χ4n) is 15.2. The number of sulfone groups is 1. The van der Waals surface area contributed by atoms with Crippen molar-refractivity contribution in [2.75, 3.05) is 112 Å². The molecule has 1 unspecified atom stereocenters. The monoisotopic (exact) mass is 1860 g/mol. The number of aryl methyl sites for hydroxylation is 3. The summed E-state index contributed by atoms with van der Waals surface area (Å²) in [6.45, 7) is 5.30. The number of Topliss-reactive ketones (excluding diaryl/α,β-unsaturated/α-hetero) is 3. The Hall–Kier alpha value is -11.9. The molecule has 0 saturated carbocycles. The largest absolute Gasteiger partial charge is 0.501 e. The van der Waals surface area contributed by atoms with E-state index in [9.17, 15) is 61.2 Å². The lowest BCUT2D eigenvalue weighted by Gasteiger charge is -2.39. The molecule has 14 rings (SSSR count). The Morgan fingerprint density at radius 3 is 1.58 bits per heavy atom. The molecule has 0 aliphatic carbocycles. The molecule has 0 spiro atoms. The number of carbonyl (C=O) groups is 5. The second-order valence-corrected chi connectivity index (χ2v) is 34.9. The minimum atomic E-state index is -5.32. The fraction of sp³-hybridized carbons (Fsp3) is 0.444. The van der Waals surface area contributed by atoms with Crippen LogP contribution in [0, 0.1) is 6.92 Å². The van der Waals surface area contributed by atoms with Gasteiger partial charge in [0.05, 0.1) is 195 Å². The molecule has 0 bridgehead atoms. The van der Waals surface area contributed by atoms with Gasteiger partial charge < -0.3 is 109 Å². The van der Waals surface area contributed by atoms with E-state index in [0.717, 1.165) is 34.4 Å². The Morgan fingerprint density at radius 2 is 1.05 bits per heavy atom. The van der Waals surface area contributed by atoms with E-state index in [1.807, 2.05) is 30.2 Å². The number of nitrogens with zero attached hydrogens (tertiary/aromatic N) is 12. The molecule has 4 N–H and O–H groups in total. The van der Waals surface area contributed by atoms with Gasteiger partial charge in [-0.2, -0.15) is 0 Å². The summed E-state index contributed by atoms with van der Waals surface area (Å²) >= 11 is 0. The summed E-state index contributed by atoms with van der Waals surface area (Å²) in [5.74, 6) is -2.83. The molecule has 40 nitrogen and oxygen atoms in total. The Labute approximate surface area is 760 Å². The van der Waals surface area contributed by atoms with Crippen LogP contribution in [0.15, 0.2) is 137 Å². The third kappa shape index (κ3) is 24.7. The van der Waals surface area contributed by atoms with Crippen LogP contribution < -0.4 is 32.1 Å². The van der Waals surface area contributed by atoms with Crippen molar-refractivity contribution in [1.82, 2.24) is 48.9 Å². The number of fused-ring (bicyclic) bond motifs is 6. The molecule has 9 heterocycles.